The van der Waals surface area contributed by atoms with E-state index in [2.05, 4.69) is 10.6 Å². The Morgan fingerprint density at radius 2 is 0.932 bits per heavy atom. The molecule has 0 aliphatic rings. The van der Waals surface area contributed by atoms with Crippen LogP contribution >= 0.6 is 0 Å². The summed E-state index contributed by atoms with van der Waals surface area (Å²) in [5.41, 5.74) is 0.0979. The van der Waals surface area contributed by atoms with Gasteiger partial charge in [0.25, 0.3) is 0 Å². The number of rotatable bonds is 14. The van der Waals surface area contributed by atoms with E-state index < -0.39 is 26.3 Å². The first kappa shape index (κ1) is 32.2. The van der Waals surface area contributed by atoms with E-state index in [4.69, 9.17) is 17.8 Å². The molecule has 0 spiro atoms. The average molecular weight is 641 g/mol. The van der Waals surface area contributed by atoms with Crippen molar-refractivity contribution >= 4 is 37.6 Å². The molecular formula is C31H32N2O9S2. The van der Waals surface area contributed by atoms with Crippen LogP contribution in [0.3, 0.4) is 0 Å². The van der Waals surface area contributed by atoms with E-state index in [9.17, 15) is 21.6 Å². The molecule has 44 heavy (non-hydrogen) atoms. The monoisotopic (exact) mass is 640 g/mol. The maximum atomic E-state index is 12.9. The second-order valence-electron chi connectivity index (χ2n) is 9.29. The third-order valence-electron chi connectivity index (χ3n) is 5.84. The first-order valence-electron chi connectivity index (χ1n) is 13.7. The zero-order chi connectivity index (χ0) is 31.6. The maximum absolute atomic E-state index is 12.9. The van der Waals surface area contributed by atoms with Gasteiger partial charge in [0.1, 0.15) is 21.3 Å². The summed E-state index contributed by atoms with van der Waals surface area (Å²) in [4.78, 5) is 12.7. The van der Waals surface area contributed by atoms with Crippen LogP contribution in [0.4, 0.5) is 16.2 Å². The molecule has 13 heteroatoms. The largest absolute Gasteiger partial charge is 0.494 e. The van der Waals surface area contributed by atoms with Crippen LogP contribution in [0.25, 0.3) is 0 Å². The fourth-order valence-corrected chi connectivity index (χ4v) is 5.63. The fraction of sp³-hybridized carbons (Fsp3) is 0.194. The predicted molar refractivity (Wildman–Crippen MR) is 166 cm³/mol. The zero-order valence-electron chi connectivity index (χ0n) is 24.1. The Labute approximate surface area is 257 Å². The van der Waals surface area contributed by atoms with Crippen LogP contribution in [-0.4, -0.2) is 36.1 Å². The second-order valence-corrected chi connectivity index (χ2v) is 12.4. The van der Waals surface area contributed by atoms with Crippen molar-refractivity contribution in [3.8, 4) is 23.0 Å². The lowest BCUT2D eigenvalue weighted by atomic mass is 10.3. The van der Waals surface area contributed by atoms with Crippen molar-refractivity contribution in [1.29, 1.82) is 0 Å². The molecule has 0 heterocycles. The highest BCUT2D eigenvalue weighted by Crippen LogP contribution is 2.31. The van der Waals surface area contributed by atoms with Crippen LogP contribution in [0.15, 0.2) is 107 Å². The number of benzene rings is 4. The number of hydrogen-bond donors (Lipinski definition) is 2. The van der Waals surface area contributed by atoms with Crippen LogP contribution in [0.5, 0.6) is 23.0 Å². The molecule has 4 rings (SSSR count). The van der Waals surface area contributed by atoms with Gasteiger partial charge in [0.2, 0.25) is 0 Å². The van der Waals surface area contributed by atoms with E-state index >= 15 is 0 Å². The van der Waals surface area contributed by atoms with E-state index in [0.29, 0.717) is 24.7 Å². The van der Waals surface area contributed by atoms with Gasteiger partial charge in [0.05, 0.1) is 24.6 Å². The minimum absolute atomic E-state index is 0.0490. The summed E-state index contributed by atoms with van der Waals surface area (Å²) in [7, 11) is -8.50. The lowest BCUT2D eigenvalue weighted by molar-refractivity contribution is 0.262. The Hall–Kier alpha value is -4.75. The summed E-state index contributed by atoms with van der Waals surface area (Å²) < 4.78 is 73.4. The predicted octanol–water partition coefficient (Wildman–Crippen LogP) is 6.44. The van der Waals surface area contributed by atoms with Gasteiger partial charge in [-0.15, -0.1) is 0 Å². The standard InChI is InChI=1S/C31H32N2O9S2/c1-3-21-39-23-13-17-25(18-14-23)43(35,36)41-29-11-7-5-9-27(29)32-31(34)33-28-10-6-8-12-30(28)42-44(37,38)26-19-15-24(16-20-26)40-22-4-2/h5-20H,3-4,21-22H2,1-2H3,(H2,32,33,34). The minimum Gasteiger partial charge on any atom is -0.494 e. The molecule has 4 aromatic carbocycles. The van der Waals surface area contributed by atoms with Gasteiger partial charge in [-0.25, -0.2) is 4.79 Å². The number of carbonyl (C=O) groups excluding carboxylic acids is 1. The van der Waals surface area contributed by atoms with Crippen molar-refractivity contribution in [2.45, 2.75) is 36.5 Å². The molecule has 0 saturated heterocycles. The van der Waals surface area contributed by atoms with Gasteiger partial charge in [0.15, 0.2) is 11.5 Å². The summed E-state index contributed by atoms with van der Waals surface area (Å²) in [6.45, 7) is 4.92. The molecule has 4 aromatic rings. The van der Waals surface area contributed by atoms with Crippen molar-refractivity contribution in [2.75, 3.05) is 23.8 Å². The number of hydrogen-bond acceptors (Lipinski definition) is 9. The lowest BCUT2D eigenvalue weighted by Gasteiger charge is -2.15. The number of ether oxygens (including phenoxy) is 2. The van der Waals surface area contributed by atoms with Crippen molar-refractivity contribution in [1.82, 2.24) is 0 Å². The topological polar surface area (TPSA) is 146 Å². The van der Waals surface area contributed by atoms with E-state index in [-0.39, 0.29) is 32.7 Å². The SMILES string of the molecule is CCCOc1ccc(S(=O)(=O)Oc2ccccc2NC(=O)Nc2ccccc2OS(=O)(=O)c2ccc(OCCC)cc2)cc1. The Kier molecular flexibility index (Phi) is 10.7. The molecule has 0 fully saturated rings. The van der Waals surface area contributed by atoms with E-state index in [0.717, 1.165) is 12.8 Å². The molecule has 232 valence electrons. The summed E-state index contributed by atoms with van der Waals surface area (Å²) in [6, 6.07) is 22.7. The quantitative estimate of drug-likeness (QED) is 0.149. The van der Waals surface area contributed by atoms with Gasteiger partial charge >= 0.3 is 26.3 Å². The number of amides is 2. The lowest BCUT2D eigenvalue weighted by Crippen LogP contribution is -2.21. The van der Waals surface area contributed by atoms with Crippen LogP contribution in [-0.2, 0) is 20.2 Å². The molecule has 0 saturated carbocycles. The summed E-state index contributed by atoms with van der Waals surface area (Å²) in [5, 5.41) is 5.06. The zero-order valence-corrected chi connectivity index (χ0v) is 25.7. The van der Waals surface area contributed by atoms with Gasteiger partial charge in [-0.2, -0.15) is 16.8 Å². The number of nitrogens with one attached hydrogen (secondary N) is 2. The van der Waals surface area contributed by atoms with Gasteiger partial charge in [-0.1, -0.05) is 38.1 Å². The number of para-hydroxylation sites is 4. The molecule has 0 unspecified atom stereocenters. The molecule has 0 aliphatic carbocycles. The fourth-order valence-electron chi connectivity index (χ4n) is 3.74. The molecule has 0 atom stereocenters. The van der Waals surface area contributed by atoms with Crippen LogP contribution in [0, 0.1) is 0 Å². The smallest absolute Gasteiger partial charge is 0.339 e. The number of carbonyl (C=O) groups is 1. The minimum atomic E-state index is -4.25. The Morgan fingerprint density at radius 3 is 1.30 bits per heavy atom. The molecule has 2 amide bonds. The van der Waals surface area contributed by atoms with Gasteiger partial charge in [-0.05, 0) is 85.6 Å². The number of urea groups is 1. The molecule has 0 aromatic heterocycles. The van der Waals surface area contributed by atoms with Crippen LogP contribution < -0.4 is 28.5 Å². The summed E-state index contributed by atoms with van der Waals surface area (Å²) >= 11 is 0. The first-order valence-corrected chi connectivity index (χ1v) is 16.5. The van der Waals surface area contributed by atoms with E-state index in [1.54, 1.807) is 24.3 Å². The molecule has 0 radical (unpaired) electrons. The maximum Gasteiger partial charge on any atom is 0.339 e. The second kappa shape index (κ2) is 14.6. The van der Waals surface area contributed by atoms with Crippen LogP contribution in [0.2, 0.25) is 0 Å². The molecule has 2 N–H and O–H groups in total. The Bertz CT molecular complexity index is 1640. The normalized spacial score (nSPS) is 11.3. The van der Waals surface area contributed by atoms with Gasteiger partial charge in [0, 0.05) is 0 Å². The Morgan fingerprint density at radius 1 is 0.568 bits per heavy atom. The molecule has 11 nitrogen and oxygen atoms in total. The molecular weight excluding hydrogens is 608 g/mol. The number of anilines is 2. The van der Waals surface area contributed by atoms with Gasteiger partial charge in [-0.3, -0.25) is 0 Å². The summed E-state index contributed by atoms with van der Waals surface area (Å²) in [6.07, 6.45) is 1.62. The average Bonchev–Trinajstić information content (AvgIpc) is 3.01. The molecule has 0 bridgehead atoms. The third-order valence-corrected chi connectivity index (χ3v) is 8.34. The van der Waals surface area contributed by atoms with Crippen LogP contribution in [0.1, 0.15) is 26.7 Å². The van der Waals surface area contributed by atoms with Crippen molar-refractivity contribution < 1.29 is 39.5 Å². The highest BCUT2D eigenvalue weighted by atomic mass is 32.2. The summed E-state index contributed by atoms with van der Waals surface area (Å²) in [5.74, 6) is 0.785. The molecule has 0 aliphatic heterocycles. The van der Waals surface area contributed by atoms with Crippen molar-refractivity contribution in [3.05, 3.63) is 97.1 Å². The Balaban J connectivity index is 1.45. The van der Waals surface area contributed by atoms with Crippen molar-refractivity contribution in [3.63, 3.8) is 0 Å². The van der Waals surface area contributed by atoms with Crippen molar-refractivity contribution in [2.24, 2.45) is 0 Å². The first-order chi connectivity index (χ1) is 21.1. The van der Waals surface area contributed by atoms with E-state index in [1.165, 1.54) is 72.8 Å². The van der Waals surface area contributed by atoms with E-state index in [1.807, 2.05) is 13.8 Å². The highest BCUT2D eigenvalue weighted by molar-refractivity contribution is 7.87. The van der Waals surface area contributed by atoms with Gasteiger partial charge < -0.3 is 28.5 Å². The third kappa shape index (κ3) is 8.64. The highest BCUT2D eigenvalue weighted by Gasteiger charge is 2.22.